The van der Waals surface area contributed by atoms with Crippen molar-refractivity contribution in [1.82, 2.24) is 0 Å². The fourth-order valence-corrected chi connectivity index (χ4v) is 1.06. The molecule has 0 saturated carbocycles. The molecule has 0 aliphatic heterocycles. The van der Waals surface area contributed by atoms with E-state index in [1.54, 1.807) is 24.2 Å². The summed E-state index contributed by atoms with van der Waals surface area (Å²) in [7, 11) is 0.823. The third-order valence-corrected chi connectivity index (χ3v) is 1.72. The Hall–Kier alpha value is 0.593. The molecule has 4 heteroatoms. The molecule has 1 atom stereocenters. The summed E-state index contributed by atoms with van der Waals surface area (Å²) in [6.45, 7) is 4.25. The molecule has 0 bridgehead atoms. The van der Waals surface area contributed by atoms with Crippen LogP contribution in [0.4, 0.5) is 0 Å². The first-order valence-electron chi connectivity index (χ1n) is 4.46. The summed E-state index contributed by atoms with van der Waals surface area (Å²) in [6.07, 6.45) is 10.0. The zero-order valence-electron chi connectivity index (χ0n) is 16.5. The van der Waals surface area contributed by atoms with Gasteiger partial charge in [-0.2, -0.15) is 23.7 Å². The summed E-state index contributed by atoms with van der Waals surface area (Å²) in [5.41, 5.74) is 0. The third kappa shape index (κ3) is 85.4. The van der Waals surface area contributed by atoms with Crippen LogP contribution in [0.1, 0.15) is 20.3 Å². The number of halogens is 2. The van der Waals surface area contributed by atoms with E-state index < -0.39 is 0 Å². The fraction of sp³-hybridized carbons (Fsp3) is 0.158. The number of hydrogen-bond donors (Lipinski definition) is 0. The minimum Gasteiger partial charge on any atom is -0.358 e. The van der Waals surface area contributed by atoms with Gasteiger partial charge in [-0.15, -0.1) is 31.2 Å². The molecule has 0 nitrogen and oxygen atoms in total. The van der Waals surface area contributed by atoms with E-state index in [9.17, 15) is 0 Å². The topological polar surface area (TPSA) is 0 Å². The second kappa shape index (κ2) is 57.0. The van der Waals surface area contributed by atoms with Gasteiger partial charge in [0, 0.05) is 0 Å². The van der Waals surface area contributed by atoms with E-state index >= 15 is 0 Å². The van der Waals surface area contributed by atoms with Crippen molar-refractivity contribution < 1.29 is 24.2 Å². The number of allylic oxidation sites excluding steroid dienone is 4. The van der Waals surface area contributed by atoms with Gasteiger partial charge < -0.3 is 52.0 Å². The summed E-state index contributed by atoms with van der Waals surface area (Å²) >= 11 is 1.55. The monoisotopic (exact) mass is 457 g/mol. The fourth-order valence-electron chi connectivity index (χ4n) is 0.581. The van der Waals surface area contributed by atoms with Crippen molar-refractivity contribution >= 4 is 36.2 Å². The molecule has 0 saturated heterocycles. The quantitative estimate of drug-likeness (QED) is 0.351. The second-order valence-corrected chi connectivity index (χ2v) is 6.19. The maximum Gasteiger partial charge on any atom is -0.109 e. The summed E-state index contributed by atoms with van der Waals surface area (Å²) in [5.74, 6) is 5.11. The van der Waals surface area contributed by atoms with E-state index in [4.69, 9.17) is 0 Å². The van der Waals surface area contributed by atoms with E-state index in [0.717, 1.165) is 14.6 Å². The van der Waals surface area contributed by atoms with Crippen LogP contribution in [0.25, 0.3) is 0 Å². The SMILES string of the molecule is C[C](C)=[Zr].Cl.Cl.[C-]1=CC=CC1.[CH3-].[CH3-].[CH3-].[CH3-].[CH3-].[CH3-].[CH3-].[c-]1ccc[pH]1. The Morgan fingerprint density at radius 1 is 0.957 bits per heavy atom. The molecule has 1 aliphatic rings. The third-order valence-electron chi connectivity index (χ3n) is 1.03. The molecule has 23 heavy (non-hydrogen) atoms. The number of hydrogen-bond acceptors (Lipinski definition) is 0. The summed E-state index contributed by atoms with van der Waals surface area (Å²) in [6, 6.07) is 3.96. The van der Waals surface area contributed by atoms with Gasteiger partial charge in [-0.1, -0.05) is 0 Å². The van der Waals surface area contributed by atoms with E-state index in [1.807, 2.05) is 24.3 Å². The molecule has 1 unspecified atom stereocenters. The Bertz CT molecular complexity index is 250. The predicted molar refractivity (Wildman–Crippen MR) is 122 cm³/mol. The van der Waals surface area contributed by atoms with Gasteiger partial charge in [-0.3, -0.25) is 14.3 Å². The normalized spacial score (nSPS) is 7.00. The van der Waals surface area contributed by atoms with Crippen LogP contribution in [0.3, 0.4) is 0 Å². The standard InChI is InChI=1S/C5H5.C4H4P.C3H6.7CH3.2ClH.Zr/c2*1-2-4-5-3-1;1-3-2;;;;;;;;;;/h1-3H,4H2;1-3,5H;1-2H3;7*1H3;2*1H;/q2*-1;;7*-1;;;. The average Bonchev–Trinajstić information content (AvgIpc) is 2.83. The van der Waals surface area contributed by atoms with Crippen molar-refractivity contribution in [2.75, 3.05) is 0 Å². The smallest absolute Gasteiger partial charge is 0.109 e. The van der Waals surface area contributed by atoms with Gasteiger partial charge in [0.2, 0.25) is 0 Å². The van der Waals surface area contributed by atoms with Crippen LogP contribution in [-0.2, 0) is 24.2 Å². The van der Waals surface area contributed by atoms with Crippen molar-refractivity contribution in [1.29, 1.82) is 0 Å². The van der Waals surface area contributed by atoms with Gasteiger partial charge in [0.15, 0.2) is 0 Å². The first-order valence-corrected chi connectivity index (χ1v) is 6.77. The van der Waals surface area contributed by atoms with Crippen molar-refractivity contribution in [3.8, 4) is 0 Å². The van der Waals surface area contributed by atoms with Gasteiger partial charge in [0.05, 0.1) is 0 Å². The predicted octanol–water partition coefficient (Wildman–Crippen LogP) is 7.56. The van der Waals surface area contributed by atoms with Gasteiger partial charge >= 0.3 is 41.3 Å². The Morgan fingerprint density at radius 3 is 1.48 bits per heavy atom. The van der Waals surface area contributed by atoms with Crippen LogP contribution in [-0.4, -0.2) is 3.21 Å². The molecular weight excluding hydrogens is 421 g/mol. The Labute approximate surface area is 179 Å². The molecule has 2 rings (SSSR count). The van der Waals surface area contributed by atoms with Gasteiger partial charge in [0.1, 0.15) is 0 Å². The van der Waals surface area contributed by atoms with Crippen molar-refractivity contribution in [3.05, 3.63) is 100 Å². The molecule has 0 aromatic carbocycles. The van der Waals surface area contributed by atoms with Crippen molar-refractivity contribution in [2.45, 2.75) is 20.3 Å². The molecule has 1 aromatic heterocycles. The van der Waals surface area contributed by atoms with Crippen molar-refractivity contribution in [3.63, 3.8) is 0 Å². The van der Waals surface area contributed by atoms with Crippen LogP contribution in [0.2, 0.25) is 0 Å². The Kier molecular flexibility index (Phi) is 162. The molecule has 0 N–H and O–H groups in total. The zero-order valence-corrected chi connectivity index (χ0v) is 21.6. The average molecular weight is 460 g/mol. The van der Waals surface area contributed by atoms with E-state index in [2.05, 4.69) is 37.6 Å². The summed E-state index contributed by atoms with van der Waals surface area (Å²) in [4.78, 5) is 0. The molecule has 0 fully saturated rings. The summed E-state index contributed by atoms with van der Waals surface area (Å²) < 4.78 is 1.51. The maximum atomic E-state index is 3.01. The minimum absolute atomic E-state index is 0. The van der Waals surface area contributed by atoms with Gasteiger partial charge in [-0.05, 0) is 0 Å². The second-order valence-electron chi connectivity index (χ2n) is 2.82. The van der Waals surface area contributed by atoms with E-state index in [0.29, 0.717) is 0 Å². The van der Waals surface area contributed by atoms with Crippen LogP contribution in [0.5, 0.6) is 0 Å². The first-order chi connectivity index (χ1) is 6.73. The largest absolute Gasteiger partial charge is 0.358 e. The van der Waals surface area contributed by atoms with Crippen LogP contribution in [0, 0.1) is 63.9 Å². The molecule has 0 amide bonds. The van der Waals surface area contributed by atoms with Crippen LogP contribution < -0.4 is 0 Å². The molecular formula is C19H38Cl2PZr-9. The van der Waals surface area contributed by atoms with Crippen LogP contribution >= 0.6 is 33.0 Å². The molecule has 1 aliphatic carbocycles. The Morgan fingerprint density at radius 2 is 1.39 bits per heavy atom. The minimum atomic E-state index is 0. The first kappa shape index (κ1) is 65.2. The Balaban J connectivity index is -0.0000000116. The molecule has 1 heterocycles. The van der Waals surface area contributed by atoms with Gasteiger partial charge in [0.25, 0.3) is 0 Å². The summed E-state index contributed by atoms with van der Waals surface area (Å²) in [5, 5.41) is 0. The zero-order chi connectivity index (χ0) is 10.6. The number of rotatable bonds is 0. The molecule has 0 radical (unpaired) electrons. The van der Waals surface area contributed by atoms with E-state index in [1.165, 1.54) is 3.21 Å². The van der Waals surface area contributed by atoms with Gasteiger partial charge in [-0.25, -0.2) is 18.2 Å². The molecule has 1 aromatic rings. The van der Waals surface area contributed by atoms with Crippen LogP contribution in [0.15, 0.2) is 36.2 Å². The van der Waals surface area contributed by atoms with Crippen molar-refractivity contribution in [2.24, 2.45) is 0 Å². The molecule has 146 valence electrons. The van der Waals surface area contributed by atoms with E-state index in [-0.39, 0.29) is 76.8 Å². The maximum absolute atomic E-state index is 3.01. The molecule has 0 spiro atoms.